The number of hydrogen-bond donors (Lipinski definition) is 0. The first-order valence-electron chi connectivity index (χ1n) is 3.20. The molecule has 0 unspecified atom stereocenters. The number of rotatable bonds is 2. The summed E-state index contributed by atoms with van der Waals surface area (Å²) >= 11 is 0. The van der Waals surface area contributed by atoms with Crippen LogP contribution in [-0.4, -0.2) is 17.8 Å². The fourth-order valence-electron chi connectivity index (χ4n) is 0.586. The van der Waals surface area contributed by atoms with E-state index in [2.05, 4.69) is 15.8 Å². The van der Waals surface area contributed by atoms with E-state index < -0.39 is 24.5 Å². The minimum atomic E-state index is -4.49. The number of hydrogen-bond acceptors (Lipinski definition) is 2. The van der Waals surface area contributed by atoms with E-state index in [-0.39, 0.29) is 0 Å². The smallest absolute Gasteiger partial charge is 0.422 e. The molecular weight excluding hydrogens is 190 g/mol. The topological polar surface area (TPSA) is 22.1 Å². The van der Waals surface area contributed by atoms with Crippen LogP contribution in [0.25, 0.3) is 0 Å². The zero-order chi connectivity index (χ0) is 9.90. The molecule has 0 aromatic carbocycles. The summed E-state index contributed by atoms with van der Waals surface area (Å²) in [7, 11) is 0. The van der Waals surface area contributed by atoms with Gasteiger partial charge < -0.3 is 4.74 Å². The van der Waals surface area contributed by atoms with Crippen LogP contribution in [0, 0.1) is 11.9 Å². The van der Waals surface area contributed by atoms with E-state index in [9.17, 15) is 17.6 Å². The second kappa shape index (κ2) is 3.59. The van der Waals surface area contributed by atoms with E-state index in [0.717, 1.165) is 12.3 Å². The van der Waals surface area contributed by atoms with Crippen molar-refractivity contribution in [3.05, 3.63) is 24.1 Å². The maximum atomic E-state index is 12.6. The maximum Gasteiger partial charge on any atom is 0.422 e. The highest BCUT2D eigenvalue weighted by atomic mass is 19.4. The first-order valence-corrected chi connectivity index (χ1v) is 3.20. The Morgan fingerprint density at radius 2 is 2.15 bits per heavy atom. The molecule has 1 aromatic heterocycles. The quantitative estimate of drug-likeness (QED) is 0.671. The van der Waals surface area contributed by atoms with Gasteiger partial charge in [-0.05, 0) is 6.07 Å². The Labute approximate surface area is 71.2 Å². The van der Waals surface area contributed by atoms with Gasteiger partial charge >= 0.3 is 6.18 Å². The van der Waals surface area contributed by atoms with Crippen molar-refractivity contribution in [1.82, 2.24) is 4.98 Å². The average Bonchev–Trinajstić information content (AvgIpc) is 2.01. The van der Waals surface area contributed by atoms with Crippen LogP contribution in [-0.2, 0) is 0 Å². The molecule has 0 bridgehead atoms. The highest BCUT2D eigenvalue weighted by Crippen LogP contribution is 2.18. The van der Waals surface area contributed by atoms with Gasteiger partial charge in [0, 0.05) is 12.3 Å². The van der Waals surface area contributed by atoms with Crippen LogP contribution >= 0.6 is 0 Å². The van der Waals surface area contributed by atoms with Crippen molar-refractivity contribution in [2.75, 3.05) is 6.61 Å². The summed E-state index contributed by atoms with van der Waals surface area (Å²) in [5, 5.41) is 0. The molecule has 71 valence electrons. The van der Waals surface area contributed by atoms with Crippen LogP contribution in [0.4, 0.5) is 17.6 Å². The van der Waals surface area contributed by atoms with Crippen LogP contribution in [0.3, 0.4) is 0 Å². The maximum absolute atomic E-state index is 12.6. The summed E-state index contributed by atoms with van der Waals surface area (Å²) in [6, 6.07) is 3.10. The lowest BCUT2D eigenvalue weighted by atomic mass is 10.5. The second-order valence-corrected chi connectivity index (χ2v) is 2.13. The van der Waals surface area contributed by atoms with Crippen molar-refractivity contribution in [1.29, 1.82) is 0 Å². The lowest BCUT2D eigenvalue weighted by molar-refractivity contribution is -0.154. The van der Waals surface area contributed by atoms with Gasteiger partial charge in [-0.15, -0.1) is 0 Å². The summed E-state index contributed by atoms with van der Waals surface area (Å²) in [5.74, 6) is -1.64. The summed E-state index contributed by atoms with van der Waals surface area (Å²) in [5.41, 5.74) is 0. The molecule has 0 amide bonds. The number of pyridine rings is 1. The zero-order valence-corrected chi connectivity index (χ0v) is 6.23. The molecule has 0 aliphatic heterocycles. The van der Waals surface area contributed by atoms with Crippen LogP contribution in [0.2, 0.25) is 0 Å². The number of ether oxygens (including phenoxy) is 1. The Bertz CT molecular complexity index is 286. The van der Waals surface area contributed by atoms with E-state index in [4.69, 9.17) is 0 Å². The highest BCUT2D eigenvalue weighted by Gasteiger charge is 2.29. The van der Waals surface area contributed by atoms with E-state index in [0.29, 0.717) is 0 Å². The van der Waals surface area contributed by atoms with Crippen LogP contribution in [0.1, 0.15) is 0 Å². The van der Waals surface area contributed by atoms with Gasteiger partial charge in [-0.2, -0.15) is 13.2 Å². The van der Waals surface area contributed by atoms with Crippen molar-refractivity contribution in [3.8, 4) is 5.88 Å². The molecule has 0 N–H and O–H groups in total. The Hall–Kier alpha value is -1.33. The Morgan fingerprint density at radius 1 is 1.46 bits per heavy atom. The fourth-order valence-corrected chi connectivity index (χ4v) is 0.586. The minimum absolute atomic E-state index is 0.670. The summed E-state index contributed by atoms with van der Waals surface area (Å²) in [4.78, 5) is 3.23. The highest BCUT2D eigenvalue weighted by molar-refractivity contribution is 5.11. The molecule has 1 aromatic rings. The minimum Gasteiger partial charge on any atom is -0.466 e. The van der Waals surface area contributed by atoms with E-state index >= 15 is 0 Å². The second-order valence-electron chi connectivity index (χ2n) is 2.13. The number of aromatic nitrogens is 1. The van der Waals surface area contributed by atoms with Gasteiger partial charge in [0.05, 0.1) is 0 Å². The van der Waals surface area contributed by atoms with Gasteiger partial charge in [0.1, 0.15) is 0 Å². The van der Waals surface area contributed by atoms with Crippen molar-refractivity contribution < 1.29 is 22.3 Å². The third-order valence-electron chi connectivity index (χ3n) is 1.04. The molecule has 0 saturated carbocycles. The molecule has 1 radical (unpaired) electrons. The molecule has 6 heteroatoms. The van der Waals surface area contributed by atoms with Gasteiger partial charge in [0.2, 0.25) is 0 Å². The van der Waals surface area contributed by atoms with Gasteiger partial charge in [-0.3, -0.25) is 0 Å². The first-order chi connectivity index (χ1) is 5.99. The molecule has 0 aliphatic rings. The largest absolute Gasteiger partial charge is 0.466 e. The third-order valence-corrected chi connectivity index (χ3v) is 1.04. The number of alkyl halides is 3. The predicted octanol–water partition coefficient (Wildman–Crippen LogP) is 1.96. The predicted molar refractivity (Wildman–Crippen MR) is 34.6 cm³/mol. The van der Waals surface area contributed by atoms with Gasteiger partial charge in [0.25, 0.3) is 5.88 Å². The van der Waals surface area contributed by atoms with Crippen LogP contribution in [0.15, 0.2) is 12.3 Å². The number of halogens is 4. The average molecular weight is 194 g/mol. The SMILES string of the molecule is Fc1c[c]cnc1OCC(F)(F)F. The summed E-state index contributed by atoms with van der Waals surface area (Å²) < 4.78 is 51.4. The Balaban J connectivity index is 2.60. The molecule has 1 heterocycles. The molecule has 13 heavy (non-hydrogen) atoms. The van der Waals surface area contributed by atoms with E-state index in [1.165, 1.54) is 0 Å². The van der Waals surface area contributed by atoms with Gasteiger partial charge in [-0.1, -0.05) is 0 Å². The van der Waals surface area contributed by atoms with Crippen molar-refractivity contribution in [3.63, 3.8) is 0 Å². The third kappa shape index (κ3) is 3.27. The first kappa shape index (κ1) is 9.76. The molecule has 0 fully saturated rings. The van der Waals surface area contributed by atoms with E-state index in [1.54, 1.807) is 0 Å². The van der Waals surface area contributed by atoms with E-state index in [1.807, 2.05) is 0 Å². The molecule has 0 atom stereocenters. The molecule has 1 rings (SSSR count). The molecule has 0 spiro atoms. The lowest BCUT2D eigenvalue weighted by Gasteiger charge is -2.07. The van der Waals surface area contributed by atoms with Gasteiger partial charge in [-0.25, -0.2) is 9.37 Å². The van der Waals surface area contributed by atoms with Crippen LogP contribution in [0.5, 0.6) is 5.88 Å². The van der Waals surface area contributed by atoms with Crippen molar-refractivity contribution in [2.45, 2.75) is 6.18 Å². The zero-order valence-electron chi connectivity index (χ0n) is 6.23. The monoisotopic (exact) mass is 194 g/mol. The fraction of sp³-hybridized carbons (Fsp3) is 0.286. The molecule has 2 nitrogen and oxygen atoms in total. The molecule has 0 aliphatic carbocycles. The standard InChI is InChI=1S/C7H4F4NO/c8-5-2-1-3-12-6(5)13-4-7(9,10)11/h2-3H,4H2. The lowest BCUT2D eigenvalue weighted by Crippen LogP contribution is -2.20. The Kier molecular flexibility index (Phi) is 2.69. The normalized spacial score (nSPS) is 11.4. The number of nitrogens with zero attached hydrogens (tertiary/aromatic N) is 1. The van der Waals surface area contributed by atoms with Crippen molar-refractivity contribution in [2.24, 2.45) is 0 Å². The summed E-state index contributed by atoms with van der Waals surface area (Å²) in [6.45, 7) is -1.55. The molecule has 0 saturated heterocycles. The van der Waals surface area contributed by atoms with Crippen molar-refractivity contribution >= 4 is 0 Å². The summed E-state index contributed by atoms with van der Waals surface area (Å²) in [6.07, 6.45) is -3.47. The van der Waals surface area contributed by atoms with Crippen LogP contribution < -0.4 is 4.74 Å². The molecular formula is C7H4F4NO. The van der Waals surface area contributed by atoms with Gasteiger partial charge in [0.15, 0.2) is 12.4 Å². The Morgan fingerprint density at radius 3 is 2.69 bits per heavy atom.